The van der Waals surface area contributed by atoms with Crippen LogP contribution in [0, 0.1) is 0 Å². The number of hydrogen-bond donors (Lipinski definition) is 2. The molecular formula is C29H33N3O4S. The summed E-state index contributed by atoms with van der Waals surface area (Å²) in [5.41, 5.74) is 2.55. The molecule has 0 spiro atoms. The van der Waals surface area contributed by atoms with E-state index < -0.39 is 11.7 Å². The van der Waals surface area contributed by atoms with Crippen molar-refractivity contribution in [3.63, 3.8) is 0 Å². The number of nitrogens with zero attached hydrogens (tertiary/aromatic N) is 1. The fraction of sp³-hybridized carbons (Fsp3) is 0.310. The Hall–Kier alpha value is -3.62. The van der Waals surface area contributed by atoms with Crippen LogP contribution in [0.2, 0.25) is 0 Å². The Kier molecular flexibility index (Phi) is 8.31. The summed E-state index contributed by atoms with van der Waals surface area (Å²) < 4.78 is 13.9. The molecule has 0 bridgehead atoms. The van der Waals surface area contributed by atoms with Gasteiger partial charge in [0, 0.05) is 48.0 Å². The van der Waals surface area contributed by atoms with Gasteiger partial charge in [-0.3, -0.25) is 4.79 Å². The maximum absolute atomic E-state index is 12.9. The first-order valence-corrected chi connectivity index (χ1v) is 13.1. The summed E-state index contributed by atoms with van der Waals surface area (Å²) in [5, 5.41) is 6.77. The Morgan fingerprint density at radius 1 is 1.03 bits per heavy atom. The van der Waals surface area contributed by atoms with Crippen LogP contribution >= 0.6 is 11.3 Å². The van der Waals surface area contributed by atoms with E-state index in [1.807, 2.05) is 87.6 Å². The molecule has 0 saturated carbocycles. The number of hydrogen-bond acceptors (Lipinski definition) is 6. The van der Waals surface area contributed by atoms with E-state index in [-0.39, 0.29) is 5.56 Å². The van der Waals surface area contributed by atoms with Crippen molar-refractivity contribution < 1.29 is 14.3 Å². The summed E-state index contributed by atoms with van der Waals surface area (Å²) in [4.78, 5) is 25.7. The van der Waals surface area contributed by atoms with Crippen LogP contribution in [0.3, 0.4) is 0 Å². The lowest BCUT2D eigenvalue weighted by molar-refractivity contribution is 0.0528. The molecule has 37 heavy (non-hydrogen) atoms. The van der Waals surface area contributed by atoms with Crippen LogP contribution in [-0.4, -0.2) is 29.4 Å². The number of carbonyl (C=O) groups excluding carboxylic acids is 1. The highest BCUT2D eigenvalue weighted by atomic mass is 32.1. The Bertz CT molecular complexity index is 1420. The predicted octanol–water partition coefficient (Wildman–Crippen LogP) is 5.46. The summed E-state index contributed by atoms with van der Waals surface area (Å²) in [6.07, 6.45) is 1.46. The fourth-order valence-corrected chi connectivity index (χ4v) is 5.02. The second-order valence-corrected chi connectivity index (χ2v) is 11.0. The minimum absolute atomic E-state index is 0.0238. The third-order valence-electron chi connectivity index (χ3n) is 5.56. The number of amides is 1. The lowest BCUT2D eigenvalue weighted by Crippen LogP contribution is -2.36. The number of aromatic nitrogens is 1. The summed E-state index contributed by atoms with van der Waals surface area (Å²) in [6.45, 7) is 7.61. The summed E-state index contributed by atoms with van der Waals surface area (Å²) in [5.74, 6) is 0.777. The van der Waals surface area contributed by atoms with Crippen molar-refractivity contribution in [1.82, 2.24) is 15.2 Å². The van der Waals surface area contributed by atoms with Gasteiger partial charge in [0.1, 0.15) is 18.0 Å². The zero-order valence-corrected chi connectivity index (χ0v) is 22.5. The zero-order valence-electron chi connectivity index (χ0n) is 21.7. The van der Waals surface area contributed by atoms with Crippen LogP contribution in [0.1, 0.15) is 31.2 Å². The van der Waals surface area contributed by atoms with E-state index in [1.54, 1.807) is 23.0 Å². The maximum atomic E-state index is 12.9. The van der Waals surface area contributed by atoms with Crippen molar-refractivity contribution in [2.45, 2.75) is 39.5 Å². The third kappa shape index (κ3) is 7.21. The SMILES string of the molecule is Cn1cc(-c2cccc(OCc3ccccc3)c2)c2sc(CNCCNC(=O)OC(C)(C)C)cc2c1=O. The molecule has 194 valence electrons. The quantitative estimate of drug-likeness (QED) is 0.287. The van der Waals surface area contributed by atoms with Gasteiger partial charge in [-0.1, -0.05) is 42.5 Å². The highest BCUT2D eigenvalue weighted by Gasteiger charge is 2.16. The second-order valence-electron chi connectivity index (χ2n) is 9.82. The standard InChI is InChI=1S/C29H33N3O4S/c1-29(2,3)36-28(34)31-14-13-30-17-23-16-24-26(37-23)25(18-32(4)27(24)33)21-11-8-12-22(15-21)35-19-20-9-6-5-7-10-20/h5-12,15-16,18,30H,13-14,17,19H2,1-4H3,(H,31,34). The minimum atomic E-state index is -0.522. The van der Waals surface area contributed by atoms with Crippen LogP contribution in [-0.2, 0) is 24.9 Å². The van der Waals surface area contributed by atoms with Crippen molar-refractivity contribution in [1.29, 1.82) is 0 Å². The van der Waals surface area contributed by atoms with Crippen molar-refractivity contribution in [2.75, 3.05) is 13.1 Å². The summed E-state index contributed by atoms with van der Waals surface area (Å²) in [7, 11) is 1.78. The molecule has 0 atom stereocenters. The van der Waals surface area contributed by atoms with Gasteiger partial charge in [0.25, 0.3) is 5.56 Å². The van der Waals surface area contributed by atoms with E-state index in [4.69, 9.17) is 9.47 Å². The molecule has 7 nitrogen and oxygen atoms in total. The third-order valence-corrected chi connectivity index (χ3v) is 6.73. The molecule has 0 radical (unpaired) electrons. The predicted molar refractivity (Wildman–Crippen MR) is 149 cm³/mol. The molecule has 2 heterocycles. The van der Waals surface area contributed by atoms with Crippen molar-refractivity contribution >= 4 is 27.5 Å². The average molecular weight is 520 g/mol. The molecule has 1 amide bonds. The topological polar surface area (TPSA) is 81.6 Å². The number of benzene rings is 2. The van der Waals surface area contributed by atoms with E-state index in [0.717, 1.165) is 32.0 Å². The summed E-state index contributed by atoms with van der Waals surface area (Å²) >= 11 is 1.60. The average Bonchev–Trinajstić information content (AvgIpc) is 3.29. The molecule has 2 N–H and O–H groups in total. The van der Waals surface area contributed by atoms with Gasteiger partial charge in [0.15, 0.2) is 0 Å². The number of pyridine rings is 1. The van der Waals surface area contributed by atoms with Gasteiger partial charge < -0.3 is 24.7 Å². The van der Waals surface area contributed by atoms with Crippen LogP contribution in [0.5, 0.6) is 5.75 Å². The molecule has 2 aromatic heterocycles. The van der Waals surface area contributed by atoms with Crippen molar-refractivity contribution in [3.05, 3.63) is 87.7 Å². The highest BCUT2D eigenvalue weighted by Crippen LogP contribution is 2.34. The number of thiophene rings is 1. The van der Waals surface area contributed by atoms with E-state index in [0.29, 0.717) is 31.6 Å². The first-order chi connectivity index (χ1) is 17.7. The van der Waals surface area contributed by atoms with Gasteiger partial charge in [-0.25, -0.2) is 4.79 Å². The largest absolute Gasteiger partial charge is 0.489 e. The van der Waals surface area contributed by atoms with Crippen molar-refractivity contribution in [2.24, 2.45) is 7.05 Å². The van der Waals surface area contributed by atoms with Crippen molar-refractivity contribution in [3.8, 4) is 16.9 Å². The molecule has 0 aliphatic heterocycles. The normalized spacial score (nSPS) is 11.5. The van der Waals surface area contributed by atoms with E-state index >= 15 is 0 Å². The molecule has 8 heteroatoms. The molecule has 0 aliphatic rings. The lowest BCUT2D eigenvalue weighted by atomic mass is 10.1. The Morgan fingerprint density at radius 2 is 1.81 bits per heavy atom. The van der Waals surface area contributed by atoms with E-state index in [9.17, 15) is 9.59 Å². The zero-order chi connectivity index (χ0) is 26.4. The first-order valence-electron chi connectivity index (χ1n) is 12.3. The highest BCUT2D eigenvalue weighted by molar-refractivity contribution is 7.19. The van der Waals surface area contributed by atoms with Gasteiger partial charge in [0.05, 0.1) is 5.39 Å². The van der Waals surface area contributed by atoms with Crippen LogP contribution < -0.4 is 20.9 Å². The van der Waals surface area contributed by atoms with Gasteiger partial charge in [-0.2, -0.15) is 0 Å². The van der Waals surface area contributed by atoms with Gasteiger partial charge >= 0.3 is 6.09 Å². The van der Waals surface area contributed by atoms with E-state index in [2.05, 4.69) is 10.6 Å². The molecule has 4 aromatic rings. The molecule has 2 aromatic carbocycles. The minimum Gasteiger partial charge on any atom is -0.489 e. The number of fused-ring (bicyclic) bond motifs is 1. The smallest absolute Gasteiger partial charge is 0.407 e. The van der Waals surface area contributed by atoms with Crippen LogP contribution in [0.25, 0.3) is 21.2 Å². The Balaban J connectivity index is 1.46. The first kappa shape index (κ1) is 26.4. The molecule has 4 rings (SSSR count). The number of aryl methyl sites for hydroxylation is 1. The molecule has 0 fully saturated rings. The molecular weight excluding hydrogens is 486 g/mol. The number of alkyl carbamates (subject to hydrolysis) is 1. The Labute approximate surface area is 221 Å². The molecule has 0 unspecified atom stereocenters. The molecule has 0 saturated heterocycles. The fourth-order valence-electron chi connectivity index (χ4n) is 3.87. The Morgan fingerprint density at radius 3 is 2.57 bits per heavy atom. The van der Waals surface area contributed by atoms with Crippen LogP contribution in [0.4, 0.5) is 4.79 Å². The van der Waals surface area contributed by atoms with Gasteiger partial charge in [-0.05, 0) is 50.1 Å². The number of nitrogens with one attached hydrogen (secondary N) is 2. The second kappa shape index (κ2) is 11.6. The number of carbonyl (C=O) groups is 1. The van der Waals surface area contributed by atoms with Gasteiger partial charge in [-0.15, -0.1) is 11.3 Å². The number of rotatable bonds is 9. The van der Waals surface area contributed by atoms with E-state index in [1.165, 1.54) is 0 Å². The van der Waals surface area contributed by atoms with Gasteiger partial charge in [0.2, 0.25) is 0 Å². The number of ether oxygens (including phenoxy) is 2. The monoisotopic (exact) mass is 519 g/mol. The lowest BCUT2D eigenvalue weighted by Gasteiger charge is -2.19. The van der Waals surface area contributed by atoms with Crippen LogP contribution in [0.15, 0.2) is 71.7 Å². The maximum Gasteiger partial charge on any atom is 0.407 e. The summed E-state index contributed by atoms with van der Waals surface area (Å²) in [6, 6.07) is 20.0. The molecule has 0 aliphatic carbocycles.